The highest BCUT2D eigenvalue weighted by Gasteiger charge is 2.34. The number of hydrogen-bond acceptors (Lipinski definition) is 7. The fourth-order valence-corrected chi connectivity index (χ4v) is 3.29. The molecule has 3 rings (SSSR count). The number of nitrogens with zero attached hydrogens (tertiary/aromatic N) is 4. The zero-order chi connectivity index (χ0) is 16.6. The van der Waals surface area contributed by atoms with E-state index < -0.39 is 0 Å². The lowest BCUT2D eigenvalue weighted by Gasteiger charge is -2.33. The number of amides is 1. The van der Waals surface area contributed by atoms with Crippen molar-refractivity contribution in [1.82, 2.24) is 20.1 Å². The maximum atomic E-state index is 12.9. The minimum absolute atomic E-state index is 0.0675. The van der Waals surface area contributed by atoms with Crippen LogP contribution in [0.2, 0.25) is 0 Å². The maximum Gasteiger partial charge on any atom is 0.266 e. The van der Waals surface area contributed by atoms with Crippen LogP contribution in [0.25, 0.3) is 0 Å². The second-order valence-corrected chi connectivity index (χ2v) is 7.56. The van der Waals surface area contributed by atoms with E-state index in [2.05, 4.69) is 36.0 Å². The number of carbonyl (C=O) groups is 1. The van der Waals surface area contributed by atoms with Crippen LogP contribution in [0.15, 0.2) is 10.6 Å². The van der Waals surface area contributed by atoms with Crippen molar-refractivity contribution in [3.05, 3.63) is 27.9 Å². The number of carbonyl (C=O) groups excluding carboxylic acids is 1. The molecule has 124 valence electrons. The van der Waals surface area contributed by atoms with Gasteiger partial charge in [-0.05, 0) is 0 Å². The largest absolute Gasteiger partial charge is 0.423 e. The van der Waals surface area contributed by atoms with E-state index in [0.717, 1.165) is 5.01 Å². The van der Waals surface area contributed by atoms with E-state index in [1.54, 1.807) is 18.0 Å². The lowest BCUT2D eigenvalue weighted by atomic mass is 9.98. The standard InChI is InChI=1S/C15H20N4O3S/c1-9-17-18-12(22-9)10-8-21-6-5-19(10)13(20)11-7-16-14(23-11)15(2,3)4/h7,10H,5-6,8H2,1-4H3/t10-/m1/s1. The zero-order valence-electron chi connectivity index (χ0n) is 13.7. The van der Waals surface area contributed by atoms with Gasteiger partial charge < -0.3 is 14.1 Å². The summed E-state index contributed by atoms with van der Waals surface area (Å²) >= 11 is 1.43. The number of rotatable bonds is 2. The Kier molecular flexibility index (Phi) is 4.20. The van der Waals surface area contributed by atoms with Gasteiger partial charge in [0.05, 0.1) is 24.4 Å². The molecule has 7 nitrogen and oxygen atoms in total. The van der Waals surface area contributed by atoms with Crippen molar-refractivity contribution in [1.29, 1.82) is 0 Å². The molecule has 0 aromatic carbocycles. The van der Waals surface area contributed by atoms with E-state index in [9.17, 15) is 4.79 Å². The average Bonchev–Trinajstić information content (AvgIpc) is 3.15. The van der Waals surface area contributed by atoms with Gasteiger partial charge in [0.1, 0.15) is 10.9 Å². The van der Waals surface area contributed by atoms with Gasteiger partial charge in [-0.2, -0.15) is 0 Å². The summed E-state index contributed by atoms with van der Waals surface area (Å²) in [6.45, 7) is 9.33. The minimum atomic E-state index is -0.349. The normalized spacial score (nSPS) is 19.1. The summed E-state index contributed by atoms with van der Waals surface area (Å²) in [6.07, 6.45) is 1.65. The quantitative estimate of drug-likeness (QED) is 0.837. The van der Waals surface area contributed by atoms with Crippen molar-refractivity contribution in [2.45, 2.75) is 39.2 Å². The third kappa shape index (κ3) is 3.28. The Morgan fingerprint density at radius 2 is 2.17 bits per heavy atom. The first-order chi connectivity index (χ1) is 10.9. The van der Waals surface area contributed by atoms with Gasteiger partial charge in [0.15, 0.2) is 0 Å². The van der Waals surface area contributed by atoms with Gasteiger partial charge in [-0.15, -0.1) is 21.5 Å². The predicted octanol–water partition coefficient (Wildman–Crippen LogP) is 2.35. The first kappa shape index (κ1) is 16.1. The number of morpholine rings is 1. The molecule has 23 heavy (non-hydrogen) atoms. The molecule has 0 saturated carbocycles. The minimum Gasteiger partial charge on any atom is -0.423 e. The molecule has 8 heteroatoms. The van der Waals surface area contributed by atoms with Crippen LogP contribution in [0.5, 0.6) is 0 Å². The Morgan fingerprint density at radius 1 is 1.39 bits per heavy atom. The van der Waals surface area contributed by atoms with E-state index in [0.29, 0.717) is 36.4 Å². The molecule has 2 aromatic rings. The SMILES string of the molecule is Cc1nnc([C@H]2COCCN2C(=O)c2cnc(C(C)(C)C)s2)o1. The summed E-state index contributed by atoms with van der Waals surface area (Å²) in [7, 11) is 0. The van der Waals surface area contributed by atoms with E-state index in [4.69, 9.17) is 9.15 Å². The Bertz CT molecular complexity index is 704. The second-order valence-electron chi connectivity index (χ2n) is 6.53. The molecular weight excluding hydrogens is 316 g/mol. The lowest BCUT2D eigenvalue weighted by molar-refractivity contribution is -0.0104. The Hall–Kier alpha value is -1.80. The molecule has 1 fully saturated rings. The highest BCUT2D eigenvalue weighted by atomic mass is 32.1. The molecule has 0 spiro atoms. The molecular formula is C15H20N4O3S. The highest BCUT2D eigenvalue weighted by molar-refractivity contribution is 7.13. The number of hydrogen-bond donors (Lipinski definition) is 0. The molecule has 0 unspecified atom stereocenters. The Morgan fingerprint density at radius 3 is 2.78 bits per heavy atom. The van der Waals surface area contributed by atoms with Crippen LogP contribution in [0.1, 0.15) is 53.3 Å². The monoisotopic (exact) mass is 336 g/mol. The smallest absolute Gasteiger partial charge is 0.266 e. The van der Waals surface area contributed by atoms with Crippen LogP contribution in [0.3, 0.4) is 0 Å². The molecule has 0 N–H and O–H groups in total. The molecule has 0 bridgehead atoms. The van der Waals surface area contributed by atoms with Gasteiger partial charge in [-0.1, -0.05) is 20.8 Å². The van der Waals surface area contributed by atoms with Crippen LogP contribution in [0, 0.1) is 6.92 Å². The van der Waals surface area contributed by atoms with E-state index in [-0.39, 0.29) is 17.4 Å². The highest BCUT2D eigenvalue weighted by Crippen LogP contribution is 2.30. The molecule has 0 aliphatic carbocycles. The van der Waals surface area contributed by atoms with Gasteiger partial charge in [-0.25, -0.2) is 4.98 Å². The fourth-order valence-electron chi connectivity index (χ4n) is 2.36. The number of aryl methyl sites for hydroxylation is 1. The second kappa shape index (κ2) is 6.01. The Balaban J connectivity index is 1.85. The van der Waals surface area contributed by atoms with Crippen LogP contribution in [0.4, 0.5) is 0 Å². The van der Waals surface area contributed by atoms with Crippen molar-refractivity contribution in [2.75, 3.05) is 19.8 Å². The maximum absolute atomic E-state index is 12.9. The summed E-state index contributed by atoms with van der Waals surface area (Å²) in [6, 6.07) is -0.349. The molecule has 1 aliphatic rings. The number of aromatic nitrogens is 3. The molecule has 3 heterocycles. The van der Waals surface area contributed by atoms with Crippen molar-refractivity contribution < 1.29 is 13.9 Å². The van der Waals surface area contributed by atoms with Crippen molar-refractivity contribution >= 4 is 17.2 Å². The van der Waals surface area contributed by atoms with Gasteiger partial charge in [0, 0.05) is 18.9 Å². The van der Waals surface area contributed by atoms with Crippen molar-refractivity contribution in [3.63, 3.8) is 0 Å². The third-order valence-corrected chi connectivity index (χ3v) is 4.99. The lowest BCUT2D eigenvalue weighted by Crippen LogP contribution is -2.43. The van der Waals surface area contributed by atoms with Gasteiger partial charge >= 0.3 is 0 Å². The third-order valence-electron chi connectivity index (χ3n) is 3.57. The topological polar surface area (TPSA) is 81.4 Å². The molecule has 0 radical (unpaired) electrons. The average molecular weight is 336 g/mol. The van der Waals surface area contributed by atoms with Gasteiger partial charge in [-0.3, -0.25) is 4.79 Å². The summed E-state index contributed by atoms with van der Waals surface area (Å²) in [5, 5.41) is 8.83. The first-order valence-corrected chi connectivity index (χ1v) is 8.33. The van der Waals surface area contributed by atoms with Crippen LogP contribution >= 0.6 is 11.3 Å². The van der Waals surface area contributed by atoms with E-state index >= 15 is 0 Å². The molecule has 1 amide bonds. The van der Waals surface area contributed by atoms with Gasteiger partial charge in [0.25, 0.3) is 5.91 Å². The summed E-state index contributed by atoms with van der Waals surface area (Å²) in [4.78, 5) is 19.6. The molecule has 1 saturated heterocycles. The fraction of sp³-hybridized carbons (Fsp3) is 0.600. The number of ether oxygens (including phenoxy) is 1. The van der Waals surface area contributed by atoms with Crippen molar-refractivity contribution in [3.8, 4) is 0 Å². The van der Waals surface area contributed by atoms with Crippen LogP contribution in [-0.2, 0) is 10.2 Å². The van der Waals surface area contributed by atoms with Crippen LogP contribution in [-0.4, -0.2) is 45.7 Å². The summed E-state index contributed by atoms with van der Waals surface area (Å²) < 4.78 is 11.0. The van der Waals surface area contributed by atoms with Crippen molar-refractivity contribution in [2.24, 2.45) is 0 Å². The number of thiazole rings is 1. The molecule has 1 atom stereocenters. The van der Waals surface area contributed by atoms with Crippen LogP contribution < -0.4 is 0 Å². The van der Waals surface area contributed by atoms with Gasteiger partial charge in [0.2, 0.25) is 11.8 Å². The Labute approximate surface area is 138 Å². The summed E-state index contributed by atoms with van der Waals surface area (Å²) in [5.74, 6) is 0.823. The molecule has 1 aliphatic heterocycles. The first-order valence-electron chi connectivity index (χ1n) is 7.51. The van der Waals surface area contributed by atoms with E-state index in [1.807, 2.05) is 0 Å². The van der Waals surface area contributed by atoms with E-state index in [1.165, 1.54) is 11.3 Å². The molecule has 2 aromatic heterocycles. The predicted molar refractivity (Wildman–Crippen MR) is 84.4 cm³/mol. The summed E-state index contributed by atoms with van der Waals surface area (Å²) in [5.41, 5.74) is -0.0722. The zero-order valence-corrected chi connectivity index (χ0v) is 14.5.